The fourth-order valence-electron chi connectivity index (χ4n) is 3.23. The molecule has 0 spiro atoms. The molecule has 1 atom stereocenters. The van der Waals surface area contributed by atoms with Gasteiger partial charge in [0.05, 0.1) is 22.2 Å². The summed E-state index contributed by atoms with van der Waals surface area (Å²) in [5.41, 5.74) is 2.27. The summed E-state index contributed by atoms with van der Waals surface area (Å²) in [7, 11) is 0. The van der Waals surface area contributed by atoms with Gasteiger partial charge in [-0.3, -0.25) is 0 Å². The predicted molar refractivity (Wildman–Crippen MR) is 104 cm³/mol. The average Bonchev–Trinajstić information content (AvgIpc) is 2.74. The fourth-order valence-corrected chi connectivity index (χ4v) is 3.23. The van der Waals surface area contributed by atoms with E-state index in [9.17, 15) is 9.59 Å². The Morgan fingerprint density at radius 2 is 1.61 bits per heavy atom. The van der Waals surface area contributed by atoms with Crippen molar-refractivity contribution >= 4 is 22.6 Å². The standard InChI is InChI=1S/C22H14N2O4/c25-21-15-11-16-18(24-20(28-22(16)26)14-9-5-2-6-10-14)12-17(15)23-19(27-21)13-7-3-1-4-8-13/h1-12,19,23H. The second kappa shape index (κ2) is 6.35. The molecule has 2 heterocycles. The van der Waals surface area contributed by atoms with Crippen LogP contribution in [0.3, 0.4) is 0 Å². The third-order valence-electron chi connectivity index (χ3n) is 4.62. The summed E-state index contributed by atoms with van der Waals surface area (Å²) in [6.45, 7) is 0. The minimum atomic E-state index is -0.604. The molecule has 136 valence electrons. The van der Waals surface area contributed by atoms with Crippen LogP contribution < -0.4 is 10.9 Å². The van der Waals surface area contributed by atoms with Crippen molar-refractivity contribution in [2.24, 2.45) is 0 Å². The van der Waals surface area contributed by atoms with E-state index in [1.54, 1.807) is 6.07 Å². The van der Waals surface area contributed by atoms with Crippen LogP contribution in [-0.4, -0.2) is 11.0 Å². The first kappa shape index (κ1) is 16.3. The quantitative estimate of drug-likeness (QED) is 0.534. The molecule has 5 rings (SSSR count). The Morgan fingerprint density at radius 1 is 0.893 bits per heavy atom. The number of nitrogens with one attached hydrogen (secondary N) is 1. The number of esters is 1. The van der Waals surface area contributed by atoms with E-state index < -0.39 is 17.8 Å². The number of carbonyl (C=O) groups is 1. The third kappa shape index (κ3) is 2.72. The number of cyclic esters (lactones) is 1. The summed E-state index contributed by atoms with van der Waals surface area (Å²) < 4.78 is 10.8. The van der Waals surface area contributed by atoms with Crippen molar-refractivity contribution in [1.29, 1.82) is 0 Å². The Labute approximate surface area is 159 Å². The first-order valence-electron chi connectivity index (χ1n) is 8.76. The normalized spacial score (nSPS) is 15.6. The smallest absolute Gasteiger partial charge is 0.347 e. The van der Waals surface area contributed by atoms with Crippen LogP contribution in [0.4, 0.5) is 5.69 Å². The molecule has 1 unspecified atom stereocenters. The van der Waals surface area contributed by atoms with Gasteiger partial charge >= 0.3 is 11.6 Å². The Hall–Kier alpha value is -3.93. The molecule has 4 aromatic rings. The number of benzene rings is 3. The van der Waals surface area contributed by atoms with Gasteiger partial charge in [-0.2, -0.15) is 0 Å². The highest BCUT2D eigenvalue weighted by Gasteiger charge is 2.28. The largest absolute Gasteiger partial charge is 0.434 e. The summed E-state index contributed by atoms with van der Waals surface area (Å²) in [6, 6.07) is 21.7. The van der Waals surface area contributed by atoms with Crippen molar-refractivity contribution in [3.63, 3.8) is 0 Å². The van der Waals surface area contributed by atoms with E-state index in [0.717, 1.165) is 5.56 Å². The zero-order valence-corrected chi connectivity index (χ0v) is 14.6. The van der Waals surface area contributed by atoms with E-state index in [1.807, 2.05) is 60.7 Å². The van der Waals surface area contributed by atoms with Gasteiger partial charge < -0.3 is 14.5 Å². The molecular weight excluding hydrogens is 356 g/mol. The van der Waals surface area contributed by atoms with Gasteiger partial charge in [-0.05, 0) is 24.3 Å². The lowest BCUT2D eigenvalue weighted by Gasteiger charge is -2.27. The highest BCUT2D eigenvalue weighted by Crippen LogP contribution is 2.33. The Kier molecular flexibility index (Phi) is 3.69. The van der Waals surface area contributed by atoms with Gasteiger partial charge in [0.15, 0.2) is 6.23 Å². The molecule has 0 saturated heterocycles. The van der Waals surface area contributed by atoms with E-state index >= 15 is 0 Å². The topological polar surface area (TPSA) is 81.4 Å². The van der Waals surface area contributed by atoms with Gasteiger partial charge in [-0.15, -0.1) is 0 Å². The second-order valence-corrected chi connectivity index (χ2v) is 6.43. The SMILES string of the molecule is O=C1OC(c2ccccc2)Nc2cc3nc(-c4ccccc4)oc(=O)c3cc21. The highest BCUT2D eigenvalue weighted by atomic mass is 16.6. The molecule has 6 heteroatoms. The Morgan fingerprint density at radius 3 is 2.36 bits per heavy atom. The van der Waals surface area contributed by atoms with Crippen molar-refractivity contribution < 1.29 is 13.9 Å². The zero-order valence-electron chi connectivity index (χ0n) is 14.6. The first-order chi connectivity index (χ1) is 13.7. The number of aromatic nitrogens is 1. The number of fused-ring (bicyclic) bond motifs is 2. The monoisotopic (exact) mass is 370 g/mol. The average molecular weight is 370 g/mol. The molecule has 1 aliphatic rings. The van der Waals surface area contributed by atoms with Gasteiger partial charge in [0.2, 0.25) is 5.89 Å². The van der Waals surface area contributed by atoms with Crippen LogP contribution in [0.5, 0.6) is 0 Å². The van der Waals surface area contributed by atoms with E-state index in [1.165, 1.54) is 6.07 Å². The molecule has 1 aliphatic heterocycles. The van der Waals surface area contributed by atoms with Crippen LogP contribution in [-0.2, 0) is 4.74 Å². The molecule has 0 amide bonds. The van der Waals surface area contributed by atoms with Gasteiger partial charge in [0.1, 0.15) is 0 Å². The van der Waals surface area contributed by atoms with Crippen LogP contribution in [0.25, 0.3) is 22.4 Å². The maximum atomic E-state index is 12.5. The van der Waals surface area contributed by atoms with Crippen molar-refractivity contribution in [2.45, 2.75) is 6.23 Å². The summed E-state index contributed by atoms with van der Waals surface area (Å²) in [6.07, 6.45) is -0.604. The molecule has 3 aromatic carbocycles. The zero-order chi connectivity index (χ0) is 19.1. The summed E-state index contributed by atoms with van der Waals surface area (Å²) in [5, 5.41) is 3.43. The van der Waals surface area contributed by atoms with Crippen LogP contribution in [0.2, 0.25) is 0 Å². The van der Waals surface area contributed by atoms with Crippen LogP contribution >= 0.6 is 0 Å². The van der Waals surface area contributed by atoms with Gasteiger partial charge in [-0.1, -0.05) is 48.5 Å². The summed E-state index contributed by atoms with van der Waals surface area (Å²) in [5.74, 6) is -0.271. The summed E-state index contributed by atoms with van der Waals surface area (Å²) in [4.78, 5) is 29.4. The lowest BCUT2D eigenvalue weighted by molar-refractivity contribution is 0.0331. The van der Waals surface area contributed by atoms with Gasteiger partial charge in [-0.25, -0.2) is 14.6 Å². The van der Waals surface area contributed by atoms with E-state index in [-0.39, 0.29) is 16.8 Å². The number of rotatable bonds is 2. The molecule has 0 saturated carbocycles. The van der Waals surface area contributed by atoms with Gasteiger partial charge in [0, 0.05) is 11.1 Å². The molecule has 6 nitrogen and oxygen atoms in total. The minimum absolute atomic E-state index is 0.232. The number of hydrogen-bond donors (Lipinski definition) is 1. The van der Waals surface area contributed by atoms with Crippen LogP contribution in [0, 0.1) is 0 Å². The lowest BCUT2D eigenvalue weighted by atomic mass is 10.1. The van der Waals surface area contributed by atoms with Crippen molar-refractivity contribution in [1.82, 2.24) is 4.98 Å². The molecule has 28 heavy (non-hydrogen) atoms. The van der Waals surface area contributed by atoms with Crippen molar-refractivity contribution in [3.05, 3.63) is 94.3 Å². The van der Waals surface area contributed by atoms with Gasteiger partial charge in [0.25, 0.3) is 0 Å². The maximum Gasteiger partial charge on any atom is 0.347 e. The molecule has 1 N–H and O–H groups in total. The lowest BCUT2D eigenvalue weighted by Crippen LogP contribution is -2.26. The number of carbonyl (C=O) groups excluding carboxylic acids is 1. The molecule has 0 bridgehead atoms. The van der Waals surface area contributed by atoms with Crippen LogP contribution in [0.15, 0.2) is 82.0 Å². The van der Waals surface area contributed by atoms with Crippen LogP contribution in [0.1, 0.15) is 22.1 Å². The molecular formula is C22H14N2O4. The third-order valence-corrected chi connectivity index (χ3v) is 4.62. The van der Waals surface area contributed by atoms with Crippen molar-refractivity contribution in [3.8, 4) is 11.5 Å². The molecule has 1 aromatic heterocycles. The van der Waals surface area contributed by atoms with E-state index in [4.69, 9.17) is 9.15 Å². The number of nitrogens with zero attached hydrogens (tertiary/aromatic N) is 1. The summed E-state index contributed by atoms with van der Waals surface area (Å²) >= 11 is 0. The van der Waals surface area contributed by atoms with E-state index in [0.29, 0.717) is 16.8 Å². The second-order valence-electron chi connectivity index (χ2n) is 6.43. The number of anilines is 1. The predicted octanol–water partition coefficient (Wildman–Crippen LogP) is 4.14. The Bertz CT molecular complexity index is 1250. The van der Waals surface area contributed by atoms with Crippen molar-refractivity contribution in [2.75, 3.05) is 5.32 Å². The molecule has 0 aliphatic carbocycles. The highest BCUT2D eigenvalue weighted by molar-refractivity contribution is 6.02. The number of ether oxygens (including phenoxy) is 1. The maximum absolute atomic E-state index is 12.5. The first-order valence-corrected chi connectivity index (χ1v) is 8.76. The number of hydrogen-bond acceptors (Lipinski definition) is 6. The Balaban J connectivity index is 1.63. The fraction of sp³-hybridized carbons (Fsp3) is 0.0455. The van der Waals surface area contributed by atoms with E-state index in [2.05, 4.69) is 10.3 Å². The minimum Gasteiger partial charge on any atom is -0.434 e. The molecule has 0 radical (unpaired) electrons. The molecule has 0 fully saturated rings.